The van der Waals surface area contributed by atoms with Crippen LogP contribution in [0.25, 0.3) is 5.76 Å². The predicted molar refractivity (Wildman–Crippen MR) is 125 cm³/mol. The summed E-state index contributed by atoms with van der Waals surface area (Å²) in [7, 11) is 0. The van der Waals surface area contributed by atoms with E-state index in [4.69, 9.17) is 4.74 Å². The highest BCUT2D eigenvalue weighted by Crippen LogP contribution is 2.41. The Morgan fingerprint density at radius 2 is 1.91 bits per heavy atom. The molecule has 1 aliphatic rings. The second kappa shape index (κ2) is 9.54. The monoisotopic (exact) mass is 477 g/mol. The number of carbonyl (C=O) groups is 3. The van der Waals surface area contributed by atoms with E-state index in [-0.39, 0.29) is 30.0 Å². The van der Waals surface area contributed by atoms with E-state index in [0.717, 1.165) is 0 Å². The molecule has 8 nitrogen and oxygen atoms in total. The van der Waals surface area contributed by atoms with E-state index < -0.39 is 35.3 Å². The number of nitrogens with zero attached hydrogens (tertiary/aromatic N) is 2. The molecule has 3 aromatic rings. The van der Waals surface area contributed by atoms with Crippen LogP contribution in [0, 0.1) is 19.7 Å². The van der Waals surface area contributed by atoms with Gasteiger partial charge in [0.2, 0.25) is 0 Å². The maximum absolute atomic E-state index is 13.7. The standard InChI is InChI=1S/C26H24FN3O5/c1-4-35-26(34)21-14(2)19(15(3)29-21)23(31)20-22(17-7-9-18(27)10-8-17)30(25(33)24(20)32)13-16-6-5-11-28-12-16/h5-12,22,29,31H,4,13H2,1-3H3/t22-/m0/s1. The van der Waals surface area contributed by atoms with Crippen molar-refractivity contribution in [2.45, 2.75) is 33.4 Å². The highest BCUT2D eigenvalue weighted by Gasteiger charge is 2.46. The fourth-order valence-electron chi connectivity index (χ4n) is 4.37. The topological polar surface area (TPSA) is 113 Å². The molecule has 9 heteroatoms. The van der Waals surface area contributed by atoms with Crippen molar-refractivity contribution >= 4 is 23.4 Å². The molecule has 0 spiro atoms. The van der Waals surface area contributed by atoms with Crippen LogP contribution in [0.1, 0.15) is 51.4 Å². The van der Waals surface area contributed by atoms with Crippen LogP contribution in [-0.4, -0.2) is 44.2 Å². The van der Waals surface area contributed by atoms with Crippen molar-refractivity contribution in [3.05, 3.63) is 93.8 Å². The number of aliphatic hydroxyl groups excluding tert-OH is 1. The molecule has 2 N–H and O–H groups in total. The van der Waals surface area contributed by atoms with Gasteiger partial charge in [-0.25, -0.2) is 9.18 Å². The number of H-pyrrole nitrogens is 1. The van der Waals surface area contributed by atoms with Crippen molar-refractivity contribution in [2.24, 2.45) is 0 Å². The second-order valence-corrected chi connectivity index (χ2v) is 8.19. The summed E-state index contributed by atoms with van der Waals surface area (Å²) in [5.74, 6) is -3.18. The van der Waals surface area contributed by atoms with Gasteiger partial charge < -0.3 is 19.7 Å². The minimum atomic E-state index is -0.976. The fourth-order valence-corrected chi connectivity index (χ4v) is 4.37. The van der Waals surface area contributed by atoms with Crippen molar-refractivity contribution in [2.75, 3.05) is 6.61 Å². The number of benzene rings is 1. The third kappa shape index (κ3) is 4.32. The van der Waals surface area contributed by atoms with Gasteiger partial charge in [0.1, 0.15) is 17.3 Å². The predicted octanol–water partition coefficient (Wildman–Crippen LogP) is 3.96. The lowest BCUT2D eigenvalue weighted by atomic mass is 9.94. The number of likely N-dealkylation sites (tertiary alicyclic amines) is 1. The van der Waals surface area contributed by atoms with Crippen LogP contribution in [0.3, 0.4) is 0 Å². The second-order valence-electron chi connectivity index (χ2n) is 8.19. The summed E-state index contributed by atoms with van der Waals surface area (Å²) in [5.41, 5.74) is 2.18. The van der Waals surface area contributed by atoms with Crippen LogP contribution < -0.4 is 0 Å². The van der Waals surface area contributed by atoms with Crippen molar-refractivity contribution in [3.63, 3.8) is 0 Å². The van der Waals surface area contributed by atoms with E-state index >= 15 is 0 Å². The van der Waals surface area contributed by atoms with Crippen molar-refractivity contribution in [1.29, 1.82) is 0 Å². The first-order chi connectivity index (χ1) is 16.7. The minimum absolute atomic E-state index is 0.0520. The molecule has 0 bridgehead atoms. The van der Waals surface area contributed by atoms with Crippen LogP contribution in [-0.2, 0) is 20.9 Å². The first-order valence-corrected chi connectivity index (χ1v) is 11.0. The Morgan fingerprint density at radius 1 is 1.20 bits per heavy atom. The smallest absolute Gasteiger partial charge is 0.355 e. The molecule has 0 saturated carbocycles. The van der Waals surface area contributed by atoms with Crippen molar-refractivity contribution in [3.8, 4) is 0 Å². The fraction of sp³-hybridized carbons (Fsp3) is 0.231. The average Bonchev–Trinajstić information content (AvgIpc) is 3.27. The Balaban J connectivity index is 1.89. The molecule has 180 valence electrons. The summed E-state index contributed by atoms with van der Waals surface area (Å²) in [5, 5.41) is 11.4. The number of nitrogens with one attached hydrogen (secondary N) is 1. The summed E-state index contributed by atoms with van der Waals surface area (Å²) >= 11 is 0. The zero-order valence-corrected chi connectivity index (χ0v) is 19.5. The lowest BCUT2D eigenvalue weighted by Crippen LogP contribution is -2.29. The van der Waals surface area contributed by atoms with Gasteiger partial charge in [-0.15, -0.1) is 0 Å². The number of pyridine rings is 1. The van der Waals surface area contributed by atoms with Gasteiger partial charge in [0.25, 0.3) is 11.7 Å². The van der Waals surface area contributed by atoms with Gasteiger partial charge in [-0.3, -0.25) is 14.6 Å². The first-order valence-electron chi connectivity index (χ1n) is 11.0. The molecule has 1 saturated heterocycles. The van der Waals surface area contributed by atoms with Crippen LogP contribution in [0.15, 0.2) is 54.4 Å². The number of aromatic amines is 1. The molecular weight excluding hydrogens is 453 g/mol. The zero-order chi connectivity index (χ0) is 25.3. The molecule has 1 fully saturated rings. The van der Waals surface area contributed by atoms with Crippen LogP contribution >= 0.6 is 0 Å². The molecule has 1 aromatic carbocycles. The number of aromatic nitrogens is 2. The third-order valence-corrected chi connectivity index (χ3v) is 5.96. The van der Waals surface area contributed by atoms with Gasteiger partial charge in [0.15, 0.2) is 0 Å². The highest BCUT2D eigenvalue weighted by atomic mass is 19.1. The number of halogens is 1. The number of Topliss-reactive ketones (excluding diaryl/α,β-unsaturated/α-hetero) is 1. The Labute approximate surface area is 201 Å². The maximum Gasteiger partial charge on any atom is 0.355 e. The number of ketones is 1. The maximum atomic E-state index is 13.7. The molecule has 0 aliphatic carbocycles. The summed E-state index contributed by atoms with van der Waals surface area (Å²) < 4.78 is 18.7. The largest absolute Gasteiger partial charge is 0.507 e. The summed E-state index contributed by atoms with van der Waals surface area (Å²) in [4.78, 5) is 47.0. The van der Waals surface area contributed by atoms with Crippen molar-refractivity contribution in [1.82, 2.24) is 14.9 Å². The number of aryl methyl sites for hydroxylation is 1. The van der Waals surface area contributed by atoms with Gasteiger partial charge in [-0.05, 0) is 55.7 Å². The number of amides is 1. The highest BCUT2D eigenvalue weighted by molar-refractivity contribution is 6.46. The normalized spacial score (nSPS) is 17.1. The van der Waals surface area contributed by atoms with Gasteiger partial charge >= 0.3 is 5.97 Å². The van der Waals surface area contributed by atoms with Crippen LogP contribution in [0.4, 0.5) is 4.39 Å². The van der Waals surface area contributed by atoms with Gasteiger partial charge in [0.05, 0.1) is 18.2 Å². The van der Waals surface area contributed by atoms with Gasteiger partial charge in [0, 0.05) is 30.2 Å². The molecule has 1 atom stereocenters. The molecular formula is C26H24FN3O5. The van der Waals surface area contributed by atoms with E-state index in [9.17, 15) is 23.9 Å². The molecule has 4 rings (SSSR count). The Bertz CT molecular complexity index is 1330. The lowest BCUT2D eigenvalue weighted by molar-refractivity contribution is -0.140. The van der Waals surface area contributed by atoms with E-state index in [1.54, 1.807) is 45.3 Å². The molecule has 1 amide bonds. The summed E-state index contributed by atoms with van der Waals surface area (Å²) in [6.45, 7) is 5.15. The first kappa shape index (κ1) is 23.9. The van der Waals surface area contributed by atoms with Crippen LogP contribution in [0.2, 0.25) is 0 Å². The summed E-state index contributed by atoms with van der Waals surface area (Å²) in [6.07, 6.45) is 3.17. The number of aliphatic hydroxyl groups is 1. The molecule has 0 unspecified atom stereocenters. The van der Waals surface area contributed by atoms with E-state index in [2.05, 4.69) is 9.97 Å². The lowest BCUT2D eigenvalue weighted by Gasteiger charge is -2.25. The van der Waals surface area contributed by atoms with Gasteiger partial charge in [-0.1, -0.05) is 18.2 Å². The average molecular weight is 477 g/mol. The Kier molecular flexibility index (Phi) is 6.50. The molecule has 2 aromatic heterocycles. The third-order valence-electron chi connectivity index (χ3n) is 5.96. The number of ether oxygens (including phenoxy) is 1. The minimum Gasteiger partial charge on any atom is -0.507 e. The number of carbonyl (C=O) groups excluding carboxylic acids is 3. The molecule has 0 radical (unpaired) electrons. The van der Waals surface area contributed by atoms with E-state index in [1.807, 2.05) is 0 Å². The molecule has 3 heterocycles. The van der Waals surface area contributed by atoms with E-state index in [0.29, 0.717) is 22.4 Å². The SMILES string of the molecule is CCOC(=O)c1[nH]c(C)c(C(O)=C2C(=O)C(=O)N(Cc3cccnc3)[C@H]2c2ccc(F)cc2)c1C. The quantitative estimate of drug-likeness (QED) is 0.241. The zero-order valence-electron chi connectivity index (χ0n) is 19.5. The number of esters is 1. The summed E-state index contributed by atoms with van der Waals surface area (Å²) in [6, 6.07) is 7.89. The number of rotatable bonds is 6. The van der Waals surface area contributed by atoms with E-state index in [1.165, 1.54) is 29.2 Å². The Hall–Kier alpha value is -4.27. The number of hydrogen-bond donors (Lipinski definition) is 2. The van der Waals surface area contributed by atoms with Crippen molar-refractivity contribution < 1.29 is 28.6 Å². The number of hydrogen-bond acceptors (Lipinski definition) is 6. The Morgan fingerprint density at radius 3 is 2.54 bits per heavy atom. The van der Waals surface area contributed by atoms with Crippen LogP contribution in [0.5, 0.6) is 0 Å². The molecule has 35 heavy (non-hydrogen) atoms. The van der Waals surface area contributed by atoms with Gasteiger partial charge in [-0.2, -0.15) is 0 Å². The molecule has 1 aliphatic heterocycles.